The van der Waals surface area contributed by atoms with Gasteiger partial charge in [-0.25, -0.2) is 0 Å². The summed E-state index contributed by atoms with van der Waals surface area (Å²) in [5.74, 6) is -0.911. The molecular weight excluding hydrogens is 266 g/mol. The van der Waals surface area contributed by atoms with Crippen LogP contribution in [0.4, 0.5) is 0 Å². The Hall–Kier alpha value is -1.91. The van der Waals surface area contributed by atoms with E-state index in [0.717, 1.165) is 0 Å². The van der Waals surface area contributed by atoms with Crippen molar-refractivity contribution >= 4 is 11.9 Å². The summed E-state index contributed by atoms with van der Waals surface area (Å²) in [5, 5.41) is 8.43. The average Bonchev–Trinajstić information content (AvgIpc) is 2.38. The molecule has 7 heteroatoms. The Bertz CT molecular complexity index is 414. The van der Waals surface area contributed by atoms with Crippen molar-refractivity contribution in [3.05, 3.63) is 12.2 Å². The molecule has 0 aliphatic carbocycles. The highest BCUT2D eigenvalue weighted by atomic mass is 16.7. The molecule has 0 amide bonds. The fraction of sp³-hybridized carbons (Fsp3) is 0.615. The van der Waals surface area contributed by atoms with E-state index >= 15 is 0 Å². The Balaban J connectivity index is 2.59. The Morgan fingerprint density at radius 2 is 2.05 bits per heavy atom. The van der Waals surface area contributed by atoms with Gasteiger partial charge >= 0.3 is 11.9 Å². The molecular formula is C13H17NO6. The zero-order valence-electron chi connectivity index (χ0n) is 11.4. The summed E-state index contributed by atoms with van der Waals surface area (Å²) in [6.07, 6.45) is 1.53. The van der Waals surface area contributed by atoms with E-state index in [0.29, 0.717) is 0 Å². The van der Waals surface area contributed by atoms with Crippen molar-refractivity contribution in [2.45, 2.75) is 38.8 Å². The topological polar surface area (TPSA) is 94.9 Å². The molecule has 1 aliphatic rings. The van der Waals surface area contributed by atoms with Gasteiger partial charge in [0.15, 0.2) is 6.29 Å². The lowest BCUT2D eigenvalue weighted by Gasteiger charge is -2.31. The number of nitriles is 1. The van der Waals surface area contributed by atoms with Crippen LogP contribution < -0.4 is 0 Å². The highest BCUT2D eigenvalue weighted by molar-refractivity contribution is 5.66. The third-order valence-electron chi connectivity index (χ3n) is 2.38. The highest BCUT2D eigenvalue weighted by Gasteiger charge is 2.30. The molecule has 0 bridgehead atoms. The molecule has 110 valence electrons. The van der Waals surface area contributed by atoms with E-state index in [1.54, 1.807) is 12.2 Å². The van der Waals surface area contributed by atoms with Gasteiger partial charge in [-0.2, -0.15) is 5.26 Å². The van der Waals surface area contributed by atoms with Crippen LogP contribution in [0.25, 0.3) is 0 Å². The molecule has 0 aromatic heterocycles. The van der Waals surface area contributed by atoms with E-state index in [2.05, 4.69) is 0 Å². The van der Waals surface area contributed by atoms with Crippen molar-refractivity contribution in [2.24, 2.45) is 0 Å². The van der Waals surface area contributed by atoms with Crippen LogP contribution in [0.1, 0.15) is 20.3 Å². The third-order valence-corrected chi connectivity index (χ3v) is 2.38. The van der Waals surface area contributed by atoms with Gasteiger partial charge < -0.3 is 18.9 Å². The SMILES string of the molecule is CC(=O)OC[C@H]1O[C@H](OCCC#N)C=C[C@@H]1OC(C)=O. The summed E-state index contributed by atoms with van der Waals surface area (Å²) in [5.41, 5.74) is 0. The maximum Gasteiger partial charge on any atom is 0.303 e. The summed E-state index contributed by atoms with van der Waals surface area (Å²) < 4.78 is 20.8. The molecule has 0 spiro atoms. The largest absolute Gasteiger partial charge is 0.463 e. The van der Waals surface area contributed by atoms with Crippen LogP contribution in [-0.2, 0) is 28.5 Å². The summed E-state index contributed by atoms with van der Waals surface area (Å²) in [6.45, 7) is 2.74. The van der Waals surface area contributed by atoms with Gasteiger partial charge in [0.2, 0.25) is 0 Å². The predicted molar refractivity (Wildman–Crippen MR) is 66.2 cm³/mol. The quantitative estimate of drug-likeness (QED) is 0.402. The van der Waals surface area contributed by atoms with Gasteiger partial charge in [-0.05, 0) is 12.2 Å². The van der Waals surface area contributed by atoms with Crippen molar-refractivity contribution in [3.8, 4) is 6.07 Å². The fourth-order valence-electron chi connectivity index (χ4n) is 1.58. The first-order valence-corrected chi connectivity index (χ1v) is 6.16. The Morgan fingerprint density at radius 1 is 1.30 bits per heavy atom. The van der Waals surface area contributed by atoms with Gasteiger partial charge in [-0.15, -0.1) is 0 Å². The van der Waals surface area contributed by atoms with Crippen LogP contribution >= 0.6 is 0 Å². The molecule has 1 aliphatic heterocycles. The molecule has 0 unspecified atom stereocenters. The van der Waals surface area contributed by atoms with Crippen LogP contribution in [0.3, 0.4) is 0 Å². The van der Waals surface area contributed by atoms with Crippen LogP contribution in [-0.4, -0.2) is 43.7 Å². The van der Waals surface area contributed by atoms with Gasteiger partial charge in [-0.3, -0.25) is 9.59 Å². The van der Waals surface area contributed by atoms with E-state index in [1.165, 1.54) is 13.8 Å². The summed E-state index contributed by atoms with van der Waals surface area (Å²) >= 11 is 0. The monoisotopic (exact) mass is 283 g/mol. The molecule has 0 aromatic rings. The summed E-state index contributed by atoms with van der Waals surface area (Å²) in [7, 11) is 0. The van der Waals surface area contributed by atoms with Crippen molar-refractivity contribution in [3.63, 3.8) is 0 Å². The number of hydrogen-bond donors (Lipinski definition) is 0. The van der Waals surface area contributed by atoms with Gasteiger partial charge in [0.1, 0.15) is 18.8 Å². The minimum absolute atomic E-state index is 0.0459. The van der Waals surface area contributed by atoms with Crippen LogP contribution in [0.5, 0.6) is 0 Å². The summed E-state index contributed by atoms with van der Waals surface area (Å²) in [6, 6.07) is 1.95. The molecule has 0 saturated carbocycles. The molecule has 0 aromatic carbocycles. The van der Waals surface area contributed by atoms with Gasteiger partial charge in [0, 0.05) is 13.8 Å². The van der Waals surface area contributed by atoms with Crippen molar-refractivity contribution < 1.29 is 28.5 Å². The molecule has 0 N–H and O–H groups in total. The molecule has 7 nitrogen and oxygen atoms in total. The number of nitrogens with zero attached hydrogens (tertiary/aromatic N) is 1. The Kier molecular flexibility index (Phi) is 6.70. The van der Waals surface area contributed by atoms with Gasteiger partial charge in [0.25, 0.3) is 0 Å². The third kappa shape index (κ3) is 5.82. The number of hydrogen-bond acceptors (Lipinski definition) is 7. The lowest BCUT2D eigenvalue weighted by molar-refractivity contribution is -0.196. The second-order valence-electron chi connectivity index (χ2n) is 4.08. The lowest BCUT2D eigenvalue weighted by atomic mass is 10.1. The minimum Gasteiger partial charge on any atom is -0.463 e. The number of rotatable bonds is 6. The molecule has 0 fully saturated rings. The fourth-order valence-corrected chi connectivity index (χ4v) is 1.58. The van der Waals surface area contributed by atoms with Crippen molar-refractivity contribution in [1.29, 1.82) is 5.26 Å². The van der Waals surface area contributed by atoms with Crippen molar-refractivity contribution in [1.82, 2.24) is 0 Å². The Morgan fingerprint density at radius 3 is 2.65 bits per heavy atom. The first-order valence-electron chi connectivity index (χ1n) is 6.16. The minimum atomic E-state index is -0.657. The molecule has 3 atom stereocenters. The smallest absolute Gasteiger partial charge is 0.303 e. The second kappa shape index (κ2) is 8.30. The standard InChI is InChI=1S/C13H17NO6/c1-9(15)18-8-12-11(19-10(2)16)4-5-13(20-12)17-7-3-6-14/h4-5,11-13H,3,7-8H2,1-2H3/t11-,12+,13-/m0/s1. The normalized spacial score (nSPS) is 24.8. The number of esters is 2. The highest BCUT2D eigenvalue weighted by Crippen LogP contribution is 2.18. The zero-order valence-corrected chi connectivity index (χ0v) is 11.4. The molecule has 1 heterocycles. The predicted octanol–water partition coefficient (Wildman–Crippen LogP) is 0.693. The first-order chi connectivity index (χ1) is 9.52. The van der Waals surface area contributed by atoms with Gasteiger partial charge in [-0.1, -0.05) is 0 Å². The second-order valence-corrected chi connectivity index (χ2v) is 4.08. The Labute approximate surface area is 117 Å². The number of ether oxygens (including phenoxy) is 4. The number of carbonyl (C=O) groups excluding carboxylic acids is 2. The van der Waals surface area contributed by atoms with Crippen LogP contribution in [0.15, 0.2) is 12.2 Å². The van der Waals surface area contributed by atoms with E-state index in [-0.39, 0.29) is 19.6 Å². The molecule has 20 heavy (non-hydrogen) atoms. The van der Waals surface area contributed by atoms with E-state index < -0.39 is 30.4 Å². The lowest BCUT2D eigenvalue weighted by Crippen LogP contribution is -2.42. The average molecular weight is 283 g/mol. The first kappa shape index (κ1) is 16.1. The van der Waals surface area contributed by atoms with E-state index in [1.807, 2.05) is 6.07 Å². The van der Waals surface area contributed by atoms with Crippen molar-refractivity contribution in [2.75, 3.05) is 13.2 Å². The van der Waals surface area contributed by atoms with E-state index in [9.17, 15) is 9.59 Å². The number of carbonyl (C=O) groups is 2. The molecule has 1 rings (SSSR count). The molecule has 0 saturated heterocycles. The van der Waals surface area contributed by atoms with Crippen LogP contribution in [0, 0.1) is 11.3 Å². The van der Waals surface area contributed by atoms with E-state index in [4.69, 9.17) is 24.2 Å². The van der Waals surface area contributed by atoms with Gasteiger partial charge in [0.05, 0.1) is 19.1 Å². The maximum atomic E-state index is 11.0. The maximum absolute atomic E-state index is 11.0. The van der Waals surface area contributed by atoms with Crippen LogP contribution in [0.2, 0.25) is 0 Å². The summed E-state index contributed by atoms with van der Waals surface area (Å²) in [4.78, 5) is 21.8. The molecule has 0 radical (unpaired) electrons. The zero-order chi connectivity index (χ0) is 15.0.